The van der Waals surface area contributed by atoms with Gasteiger partial charge in [-0.2, -0.15) is 13.2 Å². The van der Waals surface area contributed by atoms with Crippen LogP contribution in [0, 0.1) is 5.92 Å². The Morgan fingerprint density at radius 1 is 1.29 bits per heavy atom. The van der Waals surface area contributed by atoms with Gasteiger partial charge in [0.1, 0.15) is 0 Å². The van der Waals surface area contributed by atoms with Crippen molar-refractivity contribution in [3.8, 4) is 0 Å². The summed E-state index contributed by atoms with van der Waals surface area (Å²) in [5.74, 6) is -1.88. The molecule has 1 aliphatic rings. The smallest absolute Gasteiger partial charge is 0.416 e. The molecular weight excluding hydrogens is 323 g/mol. The summed E-state index contributed by atoms with van der Waals surface area (Å²) in [6, 6.07) is 4.42. The van der Waals surface area contributed by atoms with Crippen molar-refractivity contribution in [2.75, 3.05) is 6.54 Å². The second kappa shape index (κ2) is 6.83. The maximum atomic E-state index is 12.6. The van der Waals surface area contributed by atoms with Crippen LogP contribution in [-0.2, 0) is 15.8 Å². The zero-order chi connectivity index (χ0) is 18.1. The minimum absolute atomic E-state index is 0.141. The van der Waals surface area contributed by atoms with Gasteiger partial charge >= 0.3 is 12.1 Å². The third kappa shape index (κ3) is 3.88. The largest absolute Gasteiger partial charge is 0.481 e. The predicted octanol–water partition coefficient (Wildman–Crippen LogP) is 3.52. The van der Waals surface area contributed by atoms with Crippen LogP contribution in [0.15, 0.2) is 24.3 Å². The minimum atomic E-state index is -4.38. The quantitative estimate of drug-likeness (QED) is 0.910. The molecule has 7 heteroatoms. The Labute approximate surface area is 138 Å². The van der Waals surface area contributed by atoms with Gasteiger partial charge in [0.05, 0.1) is 11.5 Å². The molecule has 0 aliphatic carbocycles. The third-order valence-electron chi connectivity index (χ3n) is 4.68. The molecule has 1 N–H and O–H groups in total. The van der Waals surface area contributed by atoms with E-state index in [1.807, 2.05) is 0 Å². The van der Waals surface area contributed by atoms with Crippen molar-refractivity contribution in [3.63, 3.8) is 0 Å². The highest BCUT2D eigenvalue weighted by molar-refractivity contribution is 5.80. The molecule has 0 aromatic heterocycles. The number of benzene rings is 1. The zero-order valence-electron chi connectivity index (χ0n) is 13.5. The van der Waals surface area contributed by atoms with Gasteiger partial charge in [0.25, 0.3) is 0 Å². The highest BCUT2D eigenvalue weighted by atomic mass is 19.4. The van der Waals surface area contributed by atoms with E-state index in [1.54, 1.807) is 18.7 Å². The van der Waals surface area contributed by atoms with E-state index in [2.05, 4.69) is 0 Å². The molecule has 0 spiro atoms. The number of carbonyl (C=O) groups is 2. The maximum Gasteiger partial charge on any atom is 0.416 e. The minimum Gasteiger partial charge on any atom is -0.481 e. The molecule has 132 valence electrons. The van der Waals surface area contributed by atoms with E-state index in [9.17, 15) is 22.8 Å². The first-order valence-corrected chi connectivity index (χ1v) is 7.80. The van der Waals surface area contributed by atoms with Crippen LogP contribution < -0.4 is 0 Å². The van der Waals surface area contributed by atoms with Gasteiger partial charge in [0, 0.05) is 19.0 Å². The number of nitrogens with zero attached hydrogens (tertiary/aromatic N) is 1. The van der Waals surface area contributed by atoms with E-state index in [1.165, 1.54) is 12.1 Å². The molecule has 1 amide bonds. The lowest BCUT2D eigenvalue weighted by molar-refractivity contribution is -0.143. The maximum absolute atomic E-state index is 12.6. The molecule has 0 radical (unpaired) electrons. The summed E-state index contributed by atoms with van der Waals surface area (Å²) in [6.45, 7) is 3.89. The molecule has 4 nitrogen and oxygen atoms in total. The number of halogens is 3. The number of carbonyl (C=O) groups excluding carboxylic acids is 1. The summed E-state index contributed by atoms with van der Waals surface area (Å²) in [5.41, 5.74) is -0.0692. The van der Waals surface area contributed by atoms with Gasteiger partial charge in [-0.05, 0) is 37.0 Å². The predicted molar refractivity (Wildman–Crippen MR) is 81.4 cm³/mol. The molecule has 0 saturated carbocycles. The van der Waals surface area contributed by atoms with E-state index in [-0.39, 0.29) is 24.3 Å². The van der Waals surface area contributed by atoms with E-state index in [4.69, 9.17) is 5.11 Å². The Bertz CT molecular complexity index is 613. The molecule has 1 aromatic carbocycles. The molecule has 3 unspecified atom stereocenters. The van der Waals surface area contributed by atoms with Gasteiger partial charge < -0.3 is 10.0 Å². The Balaban J connectivity index is 2.00. The first-order chi connectivity index (χ1) is 11.1. The van der Waals surface area contributed by atoms with Crippen molar-refractivity contribution in [1.82, 2.24) is 4.90 Å². The highest BCUT2D eigenvalue weighted by Crippen LogP contribution is 2.31. The van der Waals surface area contributed by atoms with E-state index >= 15 is 0 Å². The number of rotatable bonds is 4. The van der Waals surface area contributed by atoms with Gasteiger partial charge in [0.2, 0.25) is 5.91 Å². The zero-order valence-corrected chi connectivity index (χ0v) is 13.5. The van der Waals surface area contributed by atoms with Crippen molar-refractivity contribution >= 4 is 11.9 Å². The summed E-state index contributed by atoms with van der Waals surface area (Å²) in [6.07, 6.45) is -3.81. The van der Waals surface area contributed by atoms with Crippen LogP contribution in [0.2, 0.25) is 0 Å². The molecular formula is C17H20F3NO3. The van der Waals surface area contributed by atoms with Crippen LogP contribution in [0.3, 0.4) is 0 Å². The van der Waals surface area contributed by atoms with Crippen LogP contribution in [-0.4, -0.2) is 34.5 Å². The van der Waals surface area contributed by atoms with Crippen molar-refractivity contribution in [1.29, 1.82) is 0 Å². The number of carboxylic acids is 1. The fourth-order valence-corrected chi connectivity index (χ4v) is 3.12. The standard InChI is InChI=1S/C17H20F3NO3/c1-10(12-3-5-13(6-4-12)17(18,19)20)9-15(22)21-8-7-14(11(21)2)16(23)24/h3-6,10-11,14H,7-9H2,1-2H3,(H,23,24). The number of amides is 1. The second-order valence-electron chi connectivity index (χ2n) is 6.29. The fourth-order valence-electron chi connectivity index (χ4n) is 3.12. The lowest BCUT2D eigenvalue weighted by atomic mass is 9.95. The summed E-state index contributed by atoms with van der Waals surface area (Å²) >= 11 is 0. The summed E-state index contributed by atoms with van der Waals surface area (Å²) in [7, 11) is 0. The van der Waals surface area contributed by atoms with Gasteiger partial charge in [0.15, 0.2) is 0 Å². The van der Waals surface area contributed by atoms with Crippen LogP contribution in [0.1, 0.15) is 43.7 Å². The molecule has 2 rings (SSSR count). The molecule has 1 aromatic rings. The molecule has 24 heavy (non-hydrogen) atoms. The topological polar surface area (TPSA) is 57.6 Å². The van der Waals surface area contributed by atoms with E-state index in [0.717, 1.165) is 12.1 Å². The molecule has 1 aliphatic heterocycles. The Morgan fingerprint density at radius 2 is 1.88 bits per heavy atom. The van der Waals surface area contributed by atoms with Gasteiger partial charge in [-0.15, -0.1) is 0 Å². The van der Waals surface area contributed by atoms with Crippen molar-refractivity contribution in [2.45, 2.75) is 44.8 Å². The average molecular weight is 343 g/mol. The van der Waals surface area contributed by atoms with Crippen LogP contribution >= 0.6 is 0 Å². The SMILES string of the molecule is CC(CC(=O)N1CCC(C(=O)O)C1C)c1ccc(C(F)(F)F)cc1. The molecule has 1 saturated heterocycles. The van der Waals surface area contributed by atoms with Crippen molar-refractivity contribution < 1.29 is 27.9 Å². The first kappa shape index (κ1) is 18.3. The molecule has 3 atom stereocenters. The molecule has 0 bridgehead atoms. The Hall–Kier alpha value is -2.05. The number of hydrogen-bond donors (Lipinski definition) is 1. The monoisotopic (exact) mass is 343 g/mol. The summed E-state index contributed by atoms with van der Waals surface area (Å²) < 4.78 is 37.7. The lowest BCUT2D eigenvalue weighted by Crippen LogP contribution is -2.38. The van der Waals surface area contributed by atoms with Gasteiger partial charge in [-0.25, -0.2) is 0 Å². The first-order valence-electron chi connectivity index (χ1n) is 7.80. The van der Waals surface area contributed by atoms with Crippen LogP contribution in [0.5, 0.6) is 0 Å². The number of carboxylic acid groups (broad SMARTS) is 1. The number of hydrogen-bond acceptors (Lipinski definition) is 2. The Morgan fingerprint density at radius 3 is 2.33 bits per heavy atom. The van der Waals surface area contributed by atoms with Gasteiger partial charge in [-0.1, -0.05) is 19.1 Å². The van der Waals surface area contributed by atoms with Crippen molar-refractivity contribution in [3.05, 3.63) is 35.4 Å². The number of likely N-dealkylation sites (tertiary alicyclic amines) is 1. The average Bonchev–Trinajstić information content (AvgIpc) is 2.88. The molecule has 1 heterocycles. The van der Waals surface area contributed by atoms with Crippen LogP contribution in [0.4, 0.5) is 13.2 Å². The van der Waals surface area contributed by atoms with E-state index < -0.39 is 23.6 Å². The van der Waals surface area contributed by atoms with Crippen molar-refractivity contribution in [2.24, 2.45) is 5.92 Å². The van der Waals surface area contributed by atoms with E-state index in [0.29, 0.717) is 18.5 Å². The summed E-state index contributed by atoms with van der Waals surface area (Å²) in [5, 5.41) is 9.10. The third-order valence-corrected chi connectivity index (χ3v) is 4.68. The van der Waals surface area contributed by atoms with Crippen LogP contribution in [0.25, 0.3) is 0 Å². The lowest BCUT2D eigenvalue weighted by Gasteiger charge is -2.25. The highest BCUT2D eigenvalue weighted by Gasteiger charge is 2.38. The normalized spacial score (nSPS) is 22.5. The molecule has 1 fully saturated rings. The van der Waals surface area contributed by atoms with Gasteiger partial charge in [-0.3, -0.25) is 9.59 Å². The summed E-state index contributed by atoms with van der Waals surface area (Å²) in [4.78, 5) is 25.0. The number of aliphatic carboxylic acids is 1. The fraction of sp³-hybridized carbons (Fsp3) is 0.529. The second-order valence-corrected chi connectivity index (χ2v) is 6.29. The number of alkyl halides is 3. The Kier molecular flexibility index (Phi) is 5.20.